The number of aryl methyl sites for hydroxylation is 1. The Kier molecular flexibility index (Phi) is 7.95. The number of nitrogens with zero attached hydrogens (tertiary/aromatic N) is 2. The van der Waals surface area contributed by atoms with Gasteiger partial charge in [0.25, 0.3) is 5.91 Å². The number of thiophene rings is 1. The number of benzene rings is 1. The maximum atomic E-state index is 13.8. The van der Waals surface area contributed by atoms with E-state index in [1.54, 1.807) is 27.7 Å². The van der Waals surface area contributed by atoms with Crippen LogP contribution in [-0.4, -0.2) is 59.1 Å². The predicted molar refractivity (Wildman–Crippen MR) is 137 cm³/mol. The number of rotatable bonds is 9. The third-order valence-corrected chi connectivity index (χ3v) is 6.78. The van der Waals surface area contributed by atoms with Gasteiger partial charge in [0, 0.05) is 6.07 Å². The molecule has 38 heavy (non-hydrogen) atoms. The first kappa shape index (κ1) is 27.4. The molecule has 0 aliphatic heterocycles. The van der Waals surface area contributed by atoms with Crippen molar-refractivity contribution in [1.29, 1.82) is 0 Å². The van der Waals surface area contributed by atoms with Crippen LogP contribution in [0.25, 0.3) is 10.2 Å². The van der Waals surface area contributed by atoms with Gasteiger partial charge < -0.3 is 25.4 Å². The van der Waals surface area contributed by atoms with E-state index in [9.17, 15) is 22.8 Å². The average Bonchev–Trinajstić information content (AvgIpc) is 3.46. The van der Waals surface area contributed by atoms with Crippen molar-refractivity contribution < 1.29 is 32.2 Å². The summed E-state index contributed by atoms with van der Waals surface area (Å²) < 4.78 is 50.4. The van der Waals surface area contributed by atoms with Crippen LogP contribution in [0.15, 0.2) is 24.5 Å². The van der Waals surface area contributed by atoms with E-state index in [-0.39, 0.29) is 29.4 Å². The van der Waals surface area contributed by atoms with Crippen LogP contribution in [0.2, 0.25) is 0 Å². The Morgan fingerprint density at radius 1 is 1.16 bits per heavy atom. The molecule has 13 heteroatoms. The van der Waals surface area contributed by atoms with Crippen molar-refractivity contribution in [2.24, 2.45) is 0 Å². The molecular weight excluding hydrogens is 523 g/mol. The number of hydrogen-bond donors (Lipinski definition) is 3. The molecule has 1 unspecified atom stereocenters. The maximum Gasteiger partial charge on any atom is 0.407 e. The Labute approximate surface area is 221 Å². The molecule has 2 amide bonds. The van der Waals surface area contributed by atoms with Crippen molar-refractivity contribution in [2.75, 3.05) is 18.7 Å². The molecule has 4 rings (SSSR count). The van der Waals surface area contributed by atoms with Gasteiger partial charge in [0.1, 0.15) is 47.5 Å². The zero-order valence-corrected chi connectivity index (χ0v) is 22.0. The van der Waals surface area contributed by atoms with E-state index >= 15 is 0 Å². The lowest BCUT2D eigenvalue weighted by Gasteiger charge is -2.19. The molecule has 3 N–H and O–H groups in total. The summed E-state index contributed by atoms with van der Waals surface area (Å²) in [4.78, 5) is 34.5. The van der Waals surface area contributed by atoms with E-state index in [4.69, 9.17) is 9.47 Å². The van der Waals surface area contributed by atoms with Crippen LogP contribution >= 0.6 is 11.3 Å². The highest BCUT2D eigenvalue weighted by Crippen LogP contribution is 2.37. The van der Waals surface area contributed by atoms with Gasteiger partial charge in [0.2, 0.25) is 0 Å². The fraction of sp³-hybridized carbons (Fsp3) is 0.440. The van der Waals surface area contributed by atoms with Gasteiger partial charge in [-0.15, -0.1) is 11.3 Å². The molecule has 0 saturated heterocycles. The number of ether oxygens (including phenoxy) is 2. The third-order valence-electron chi connectivity index (χ3n) is 5.58. The fourth-order valence-corrected chi connectivity index (χ4v) is 4.75. The Hall–Kier alpha value is -3.61. The first-order valence-electron chi connectivity index (χ1n) is 11.9. The van der Waals surface area contributed by atoms with Gasteiger partial charge in [-0.25, -0.2) is 27.9 Å². The molecule has 2 atom stereocenters. The summed E-state index contributed by atoms with van der Waals surface area (Å²) in [7, 11) is 0. The molecule has 1 saturated carbocycles. The van der Waals surface area contributed by atoms with Gasteiger partial charge in [-0.2, -0.15) is 0 Å². The molecule has 1 aliphatic rings. The number of amides is 2. The molecule has 9 nitrogen and oxygen atoms in total. The molecule has 0 bridgehead atoms. The number of alkyl halides is 2. The smallest absolute Gasteiger partial charge is 0.407 e. The number of anilines is 2. The number of alkyl carbamates (subject to hydrolysis) is 1. The molecule has 1 aliphatic carbocycles. The fourth-order valence-electron chi connectivity index (χ4n) is 3.70. The van der Waals surface area contributed by atoms with Gasteiger partial charge in [-0.1, -0.05) is 0 Å². The summed E-state index contributed by atoms with van der Waals surface area (Å²) in [6.45, 7) is 4.89. The van der Waals surface area contributed by atoms with Gasteiger partial charge in [0.05, 0.1) is 28.0 Å². The van der Waals surface area contributed by atoms with Crippen molar-refractivity contribution in [3.05, 3.63) is 40.8 Å². The molecular formula is C25H28F3N5O4S. The van der Waals surface area contributed by atoms with Crippen LogP contribution < -0.4 is 20.7 Å². The van der Waals surface area contributed by atoms with E-state index < -0.39 is 37.0 Å². The third kappa shape index (κ3) is 6.44. The Morgan fingerprint density at radius 2 is 1.87 bits per heavy atom. The van der Waals surface area contributed by atoms with Crippen molar-refractivity contribution in [1.82, 2.24) is 20.6 Å². The summed E-state index contributed by atoms with van der Waals surface area (Å²) >= 11 is 1.17. The number of halogens is 3. The standard InChI is InChI=1S/C25H28F3N5O4S/c1-12-19-21(31-15-6-5-13(28)7-18(15)36-14(9-26)10-27)29-11-30-23(19)38-20(12)22(34)32-16-8-17(16)33-24(35)37-25(2,3)4/h5-7,11,14,16-17H,8-10H2,1-4H3,(H,32,34)(H,33,35)(H,29,30,31)/t16?,17-/m1/s1. The van der Waals surface area contributed by atoms with Crippen LogP contribution in [0, 0.1) is 12.7 Å². The van der Waals surface area contributed by atoms with E-state index in [2.05, 4.69) is 25.9 Å². The summed E-state index contributed by atoms with van der Waals surface area (Å²) in [6, 6.07) is 3.10. The molecule has 1 aromatic carbocycles. The minimum Gasteiger partial charge on any atom is -0.483 e. The van der Waals surface area contributed by atoms with Crippen molar-refractivity contribution >= 4 is 45.1 Å². The summed E-state index contributed by atoms with van der Waals surface area (Å²) in [5.74, 6) is -0.734. The Bertz CT molecular complexity index is 1340. The largest absolute Gasteiger partial charge is 0.483 e. The highest BCUT2D eigenvalue weighted by molar-refractivity contribution is 7.20. The summed E-state index contributed by atoms with van der Waals surface area (Å²) in [5.41, 5.74) is 0.226. The van der Waals surface area contributed by atoms with Crippen LogP contribution in [0.1, 0.15) is 42.4 Å². The zero-order valence-electron chi connectivity index (χ0n) is 21.2. The lowest BCUT2D eigenvalue weighted by atomic mass is 10.2. The highest BCUT2D eigenvalue weighted by Gasteiger charge is 2.41. The SMILES string of the molecule is Cc1c(C(=O)NC2C[C@H]2NC(=O)OC(C)(C)C)sc2ncnc(Nc3ccc(F)cc3OC(CF)CF)c12. The van der Waals surface area contributed by atoms with Gasteiger partial charge in [0.15, 0.2) is 6.10 Å². The van der Waals surface area contributed by atoms with Crippen LogP contribution in [-0.2, 0) is 4.74 Å². The first-order valence-corrected chi connectivity index (χ1v) is 12.7. The van der Waals surface area contributed by atoms with E-state index in [1.165, 1.54) is 29.8 Å². The van der Waals surface area contributed by atoms with Crippen LogP contribution in [0.3, 0.4) is 0 Å². The second-order valence-electron chi connectivity index (χ2n) is 9.84. The summed E-state index contributed by atoms with van der Waals surface area (Å²) in [5, 5.41) is 9.22. The van der Waals surface area contributed by atoms with E-state index in [1.807, 2.05) is 0 Å². The quantitative estimate of drug-likeness (QED) is 0.344. The molecule has 0 spiro atoms. The second-order valence-corrected chi connectivity index (χ2v) is 10.8. The first-order chi connectivity index (χ1) is 18.0. The number of fused-ring (bicyclic) bond motifs is 1. The Balaban J connectivity index is 1.51. The number of aromatic nitrogens is 2. The van der Waals surface area contributed by atoms with Gasteiger partial charge in [-0.05, 0) is 51.8 Å². The minimum absolute atomic E-state index is 0.0832. The zero-order chi connectivity index (χ0) is 27.6. The molecule has 1 fully saturated rings. The highest BCUT2D eigenvalue weighted by atomic mass is 32.1. The molecule has 2 heterocycles. The van der Waals surface area contributed by atoms with E-state index in [0.717, 1.165) is 6.07 Å². The second kappa shape index (κ2) is 11.0. The van der Waals surface area contributed by atoms with Crippen molar-refractivity contribution in [2.45, 2.75) is 57.9 Å². The van der Waals surface area contributed by atoms with Gasteiger partial charge in [-0.3, -0.25) is 4.79 Å². The van der Waals surface area contributed by atoms with Crippen molar-refractivity contribution in [3.63, 3.8) is 0 Å². The van der Waals surface area contributed by atoms with E-state index in [0.29, 0.717) is 32.9 Å². The monoisotopic (exact) mass is 551 g/mol. The van der Waals surface area contributed by atoms with Crippen molar-refractivity contribution in [3.8, 4) is 5.75 Å². The molecule has 3 aromatic rings. The lowest BCUT2D eigenvalue weighted by molar-refractivity contribution is 0.0520. The molecule has 2 aromatic heterocycles. The number of carbonyl (C=O) groups is 2. The topological polar surface area (TPSA) is 114 Å². The predicted octanol–water partition coefficient (Wildman–Crippen LogP) is 4.96. The Morgan fingerprint density at radius 3 is 2.55 bits per heavy atom. The number of carbonyl (C=O) groups excluding carboxylic acids is 2. The lowest BCUT2D eigenvalue weighted by Crippen LogP contribution is -2.37. The van der Waals surface area contributed by atoms with Crippen LogP contribution in [0.5, 0.6) is 5.75 Å². The number of nitrogens with one attached hydrogen (secondary N) is 3. The summed E-state index contributed by atoms with van der Waals surface area (Å²) in [6.07, 6.45) is -0.0399. The average molecular weight is 552 g/mol. The molecule has 0 radical (unpaired) electrons. The maximum absolute atomic E-state index is 13.8. The number of hydrogen-bond acceptors (Lipinski definition) is 8. The van der Waals surface area contributed by atoms with Crippen LogP contribution in [0.4, 0.5) is 29.5 Å². The minimum atomic E-state index is -1.38. The molecule has 204 valence electrons. The normalized spacial score (nSPS) is 16.8. The van der Waals surface area contributed by atoms with Gasteiger partial charge >= 0.3 is 6.09 Å².